The van der Waals surface area contributed by atoms with Crippen LogP contribution < -0.4 is 0 Å². The lowest BCUT2D eigenvalue weighted by Gasteiger charge is -2.35. The molecule has 0 bridgehead atoms. The molecule has 2 atom stereocenters. The Hall–Kier alpha value is -0.600. The Labute approximate surface area is 79.9 Å². The summed E-state index contributed by atoms with van der Waals surface area (Å²) >= 11 is 0. The summed E-state index contributed by atoms with van der Waals surface area (Å²) in [4.78, 5) is 0. The van der Waals surface area contributed by atoms with Crippen molar-refractivity contribution in [1.29, 1.82) is 0 Å². The van der Waals surface area contributed by atoms with Gasteiger partial charge in [0.25, 0.3) is 0 Å². The minimum absolute atomic E-state index is 0.391. The van der Waals surface area contributed by atoms with E-state index in [-0.39, 0.29) is 0 Å². The zero-order valence-electron chi connectivity index (χ0n) is 8.20. The summed E-state index contributed by atoms with van der Waals surface area (Å²) in [5.74, 6) is 0. The highest BCUT2D eigenvalue weighted by atomic mass is 16.5. The molecule has 0 aliphatic carbocycles. The highest BCUT2D eigenvalue weighted by Crippen LogP contribution is 2.26. The minimum atomic E-state index is -0.393. The van der Waals surface area contributed by atoms with Crippen molar-refractivity contribution in [2.24, 2.45) is 0 Å². The first kappa shape index (κ1) is 10.5. The molecule has 74 valence electrons. The van der Waals surface area contributed by atoms with Gasteiger partial charge in [0.2, 0.25) is 0 Å². The van der Waals surface area contributed by atoms with E-state index in [0.29, 0.717) is 6.61 Å². The number of aliphatic hydroxyl groups excluding tert-OH is 1. The molecule has 13 heavy (non-hydrogen) atoms. The van der Waals surface area contributed by atoms with E-state index >= 15 is 0 Å². The van der Waals surface area contributed by atoms with Crippen molar-refractivity contribution in [3.8, 4) is 0 Å². The summed E-state index contributed by atoms with van der Waals surface area (Å²) in [5.41, 5.74) is -0.391. The molecule has 0 aromatic rings. The predicted molar refractivity (Wildman–Crippen MR) is 53.6 cm³/mol. The third-order valence-corrected chi connectivity index (χ3v) is 2.55. The quantitative estimate of drug-likeness (QED) is 0.674. The Bertz CT molecular complexity index is 198. The van der Waals surface area contributed by atoms with Gasteiger partial charge in [-0.15, -0.1) is 6.58 Å². The van der Waals surface area contributed by atoms with Crippen LogP contribution in [0.3, 0.4) is 0 Å². The molecule has 2 heteroatoms. The summed E-state index contributed by atoms with van der Waals surface area (Å²) in [6, 6.07) is 0. The summed E-state index contributed by atoms with van der Waals surface area (Å²) in [5, 5.41) is 9.86. The van der Waals surface area contributed by atoms with Crippen molar-refractivity contribution >= 4 is 0 Å². The zero-order valence-corrected chi connectivity index (χ0v) is 8.20. The molecule has 1 aliphatic rings. The van der Waals surface area contributed by atoms with E-state index in [4.69, 9.17) is 4.74 Å². The molecule has 0 amide bonds. The number of hydrogen-bond donors (Lipinski definition) is 1. The number of allylic oxidation sites excluding steroid dienone is 1. The molecular formula is C11H18O2. The Kier molecular flexibility index (Phi) is 3.70. The van der Waals surface area contributed by atoms with Crippen molar-refractivity contribution in [3.05, 3.63) is 24.8 Å². The lowest BCUT2D eigenvalue weighted by molar-refractivity contribution is -0.108. The van der Waals surface area contributed by atoms with Gasteiger partial charge in [0.05, 0.1) is 18.3 Å². The van der Waals surface area contributed by atoms with Gasteiger partial charge in [-0.3, -0.25) is 0 Å². The van der Waals surface area contributed by atoms with Crippen molar-refractivity contribution in [2.45, 2.75) is 37.9 Å². The zero-order chi connectivity index (χ0) is 9.73. The van der Waals surface area contributed by atoms with E-state index in [9.17, 15) is 5.11 Å². The fourth-order valence-electron chi connectivity index (χ4n) is 1.50. The maximum atomic E-state index is 9.86. The lowest BCUT2D eigenvalue weighted by Crippen LogP contribution is -2.43. The van der Waals surface area contributed by atoms with Crippen LogP contribution in [0.25, 0.3) is 0 Å². The topological polar surface area (TPSA) is 29.5 Å². The number of aliphatic hydroxyl groups is 1. The third kappa shape index (κ3) is 2.68. The normalized spacial score (nSPS) is 30.0. The van der Waals surface area contributed by atoms with Gasteiger partial charge < -0.3 is 9.84 Å². The standard InChI is InChI=1S/C11H18O2/c1-3-4-7-10(12)11(2)8-5-6-9-13-11/h3,5-6,10,12H,1,4,7-9H2,2H3/t10-,11+/m1/s1. The average Bonchev–Trinajstić information content (AvgIpc) is 2.15. The second-order valence-corrected chi connectivity index (χ2v) is 3.68. The number of hydrogen-bond acceptors (Lipinski definition) is 2. The Balaban J connectivity index is 2.47. The Morgan fingerprint density at radius 1 is 1.69 bits per heavy atom. The maximum Gasteiger partial charge on any atom is 0.0950 e. The monoisotopic (exact) mass is 182 g/mol. The average molecular weight is 182 g/mol. The number of ether oxygens (including phenoxy) is 1. The predicted octanol–water partition coefficient (Wildman–Crippen LogP) is 2.05. The molecule has 0 spiro atoms. The summed E-state index contributed by atoms with van der Waals surface area (Å²) < 4.78 is 5.55. The summed E-state index contributed by atoms with van der Waals surface area (Å²) in [6.45, 7) is 6.21. The van der Waals surface area contributed by atoms with E-state index in [1.807, 2.05) is 19.1 Å². The molecular weight excluding hydrogens is 164 g/mol. The summed E-state index contributed by atoms with van der Waals surface area (Å²) in [6.07, 6.45) is 7.85. The molecule has 0 saturated heterocycles. The van der Waals surface area contributed by atoms with Crippen molar-refractivity contribution in [2.75, 3.05) is 6.61 Å². The van der Waals surface area contributed by atoms with E-state index in [2.05, 4.69) is 12.7 Å². The van der Waals surface area contributed by atoms with Crippen LogP contribution in [-0.2, 0) is 4.74 Å². The van der Waals surface area contributed by atoms with Gasteiger partial charge >= 0.3 is 0 Å². The van der Waals surface area contributed by atoms with E-state index in [1.165, 1.54) is 0 Å². The van der Waals surface area contributed by atoms with Crippen LogP contribution in [0.2, 0.25) is 0 Å². The molecule has 0 aromatic carbocycles. The van der Waals surface area contributed by atoms with Gasteiger partial charge in [0.15, 0.2) is 0 Å². The molecule has 0 aromatic heterocycles. The molecule has 1 heterocycles. The fourth-order valence-corrected chi connectivity index (χ4v) is 1.50. The molecule has 0 saturated carbocycles. The van der Waals surface area contributed by atoms with Crippen molar-refractivity contribution in [1.82, 2.24) is 0 Å². The first-order valence-corrected chi connectivity index (χ1v) is 4.77. The maximum absolute atomic E-state index is 9.86. The highest BCUT2D eigenvalue weighted by Gasteiger charge is 2.33. The van der Waals surface area contributed by atoms with Gasteiger partial charge in [-0.25, -0.2) is 0 Å². The lowest BCUT2D eigenvalue weighted by atomic mass is 9.90. The fraction of sp³-hybridized carbons (Fsp3) is 0.636. The first-order chi connectivity index (χ1) is 6.19. The molecule has 2 nitrogen and oxygen atoms in total. The number of rotatable bonds is 4. The van der Waals surface area contributed by atoms with Gasteiger partial charge in [0.1, 0.15) is 0 Å². The van der Waals surface area contributed by atoms with Crippen LogP contribution in [0.15, 0.2) is 24.8 Å². The van der Waals surface area contributed by atoms with Crippen LogP contribution in [0.5, 0.6) is 0 Å². The largest absolute Gasteiger partial charge is 0.390 e. The minimum Gasteiger partial charge on any atom is -0.390 e. The SMILES string of the molecule is C=CCC[C@@H](O)[C@]1(C)CC=CCO1. The molecule has 0 radical (unpaired) electrons. The van der Waals surface area contributed by atoms with Gasteiger partial charge in [0, 0.05) is 0 Å². The smallest absolute Gasteiger partial charge is 0.0950 e. The van der Waals surface area contributed by atoms with Gasteiger partial charge in [-0.2, -0.15) is 0 Å². The van der Waals surface area contributed by atoms with Crippen molar-refractivity contribution in [3.63, 3.8) is 0 Å². The van der Waals surface area contributed by atoms with E-state index in [0.717, 1.165) is 19.3 Å². The van der Waals surface area contributed by atoms with Gasteiger partial charge in [-0.1, -0.05) is 18.2 Å². The molecule has 1 rings (SSSR count). The van der Waals surface area contributed by atoms with Crippen LogP contribution in [-0.4, -0.2) is 23.4 Å². The van der Waals surface area contributed by atoms with Crippen LogP contribution >= 0.6 is 0 Å². The van der Waals surface area contributed by atoms with Crippen molar-refractivity contribution < 1.29 is 9.84 Å². The Morgan fingerprint density at radius 3 is 3.00 bits per heavy atom. The van der Waals surface area contributed by atoms with Crippen LogP contribution in [0.4, 0.5) is 0 Å². The van der Waals surface area contributed by atoms with Crippen LogP contribution in [0, 0.1) is 0 Å². The highest BCUT2D eigenvalue weighted by molar-refractivity contribution is 4.99. The molecule has 1 aliphatic heterocycles. The third-order valence-electron chi connectivity index (χ3n) is 2.55. The van der Waals surface area contributed by atoms with E-state index < -0.39 is 11.7 Å². The van der Waals surface area contributed by atoms with E-state index in [1.54, 1.807) is 0 Å². The molecule has 0 unspecified atom stereocenters. The van der Waals surface area contributed by atoms with Gasteiger partial charge in [-0.05, 0) is 26.2 Å². The molecule has 1 N–H and O–H groups in total. The summed E-state index contributed by atoms with van der Waals surface area (Å²) in [7, 11) is 0. The van der Waals surface area contributed by atoms with Crippen LogP contribution in [0.1, 0.15) is 26.2 Å². The first-order valence-electron chi connectivity index (χ1n) is 4.77. The molecule has 0 fully saturated rings. The second kappa shape index (κ2) is 4.58. The second-order valence-electron chi connectivity index (χ2n) is 3.68. The Morgan fingerprint density at radius 2 is 2.46 bits per heavy atom.